The van der Waals surface area contributed by atoms with E-state index in [1.807, 2.05) is 30.3 Å². The predicted octanol–water partition coefficient (Wildman–Crippen LogP) is 1.38. The van der Waals surface area contributed by atoms with Crippen molar-refractivity contribution in [2.24, 2.45) is 0 Å². The van der Waals surface area contributed by atoms with Crippen molar-refractivity contribution in [3.8, 4) is 17.6 Å². The first kappa shape index (κ1) is 14.8. The van der Waals surface area contributed by atoms with Gasteiger partial charge in [0.05, 0.1) is 6.54 Å². The second-order valence-corrected chi connectivity index (χ2v) is 4.18. The van der Waals surface area contributed by atoms with Crippen molar-refractivity contribution in [3.63, 3.8) is 0 Å². The molecule has 0 aliphatic carbocycles. The molecular formula is C16H16N2O3. The Kier molecular flexibility index (Phi) is 5.56. The highest BCUT2D eigenvalue weighted by molar-refractivity contribution is 5.84. The summed E-state index contributed by atoms with van der Waals surface area (Å²) < 4.78 is 10.3. The molecule has 108 valence electrons. The van der Waals surface area contributed by atoms with Crippen molar-refractivity contribution in [2.45, 2.75) is 0 Å². The smallest absolute Gasteiger partial charge is 0.246 e. The van der Waals surface area contributed by atoms with Crippen molar-refractivity contribution < 1.29 is 14.3 Å². The van der Waals surface area contributed by atoms with Crippen LogP contribution in [-0.2, 0) is 9.53 Å². The molecule has 0 aliphatic rings. The van der Waals surface area contributed by atoms with Crippen LogP contribution in [0.5, 0.6) is 5.75 Å². The Morgan fingerprint density at radius 2 is 2.14 bits per heavy atom. The summed E-state index contributed by atoms with van der Waals surface area (Å²) in [6.45, 7) is 0.565. The number of hydrogen-bond acceptors (Lipinski definition) is 4. The fourth-order valence-electron chi connectivity index (χ4n) is 1.74. The molecule has 1 aromatic heterocycles. The van der Waals surface area contributed by atoms with Gasteiger partial charge >= 0.3 is 0 Å². The SMILES string of the molecule is COCC(=O)NCC#CCOc1cccc2cccnc12. The molecule has 0 saturated heterocycles. The summed E-state index contributed by atoms with van der Waals surface area (Å²) in [4.78, 5) is 15.4. The average molecular weight is 284 g/mol. The molecule has 0 atom stereocenters. The van der Waals surface area contributed by atoms with E-state index in [0.29, 0.717) is 5.75 Å². The number of fused-ring (bicyclic) bond motifs is 1. The summed E-state index contributed by atoms with van der Waals surface area (Å²) in [7, 11) is 1.47. The number of carbonyl (C=O) groups is 1. The normalized spacial score (nSPS) is 9.76. The lowest BCUT2D eigenvalue weighted by Gasteiger charge is -2.05. The monoisotopic (exact) mass is 284 g/mol. The molecule has 0 saturated carbocycles. The van der Waals surface area contributed by atoms with Crippen molar-refractivity contribution in [2.75, 3.05) is 26.9 Å². The van der Waals surface area contributed by atoms with Crippen LogP contribution in [0, 0.1) is 11.8 Å². The van der Waals surface area contributed by atoms with E-state index in [-0.39, 0.29) is 25.7 Å². The highest BCUT2D eigenvalue weighted by Crippen LogP contribution is 2.22. The zero-order chi connectivity index (χ0) is 14.9. The lowest BCUT2D eigenvalue weighted by Crippen LogP contribution is -2.27. The molecule has 5 nitrogen and oxygen atoms in total. The van der Waals surface area contributed by atoms with Gasteiger partial charge in [-0.25, -0.2) is 0 Å². The van der Waals surface area contributed by atoms with Crippen molar-refractivity contribution in [1.29, 1.82) is 0 Å². The largest absolute Gasteiger partial charge is 0.479 e. The van der Waals surface area contributed by atoms with E-state index in [0.717, 1.165) is 10.9 Å². The van der Waals surface area contributed by atoms with Crippen molar-refractivity contribution >= 4 is 16.8 Å². The fourth-order valence-corrected chi connectivity index (χ4v) is 1.74. The minimum absolute atomic E-state index is 0.0415. The zero-order valence-electron chi connectivity index (χ0n) is 11.8. The Morgan fingerprint density at radius 3 is 3.00 bits per heavy atom. The van der Waals surface area contributed by atoms with Crippen LogP contribution < -0.4 is 10.1 Å². The molecule has 1 heterocycles. The minimum Gasteiger partial charge on any atom is -0.479 e. The van der Waals surface area contributed by atoms with Gasteiger partial charge in [0, 0.05) is 18.7 Å². The first-order valence-corrected chi connectivity index (χ1v) is 6.49. The number of pyridine rings is 1. The quantitative estimate of drug-likeness (QED) is 0.843. The number of methoxy groups -OCH3 is 1. The number of nitrogens with one attached hydrogen (secondary N) is 1. The van der Waals surface area contributed by atoms with E-state index in [9.17, 15) is 4.79 Å². The molecular weight excluding hydrogens is 268 g/mol. The van der Waals surface area contributed by atoms with Gasteiger partial charge in [0.25, 0.3) is 0 Å². The second kappa shape index (κ2) is 7.88. The Bertz CT molecular complexity index is 669. The average Bonchev–Trinajstić information content (AvgIpc) is 2.51. The Labute approximate surface area is 123 Å². The van der Waals surface area contributed by atoms with E-state index in [2.05, 4.69) is 26.9 Å². The maximum absolute atomic E-state index is 11.1. The number of rotatable bonds is 5. The van der Waals surface area contributed by atoms with Crippen LogP contribution in [0.3, 0.4) is 0 Å². The third-order valence-electron chi connectivity index (χ3n) is 2.67. The number of carbonyl (C=O) groups excluding carboxylic acids is 1. The zero-order valence-corrected chi connectivity index (χ0v) is 11.8. The lowest BCUT2D eigenvalue weighted by molar-refractivity contribution is -0.124. The summed E-state index contributed by atoms with van der Waals surface area (Å²) in [5.41, 5.74) is 0.815. The van der Waals surface area contributed by atoms with E-state index >= 15 is 0 Å². The number of hydrogen-bond donors (Lipinski definition) is 1. The number of nitrogens with zero attached hydrogens (tertiary/aromatic N) is 1. The van der Waals surface area contributed by atoms with Gasteiger partial charge in [0.1, 0.15) is 24.5 Å². The van der Waals surface area contributed by atoms with Crippen LogP contribution in [0.15, 0.2) is 36.5 Å². The molecule has 1 N–H and O–H groups in total. The molecule has 0 fully saturated rings. The van der Waals surface area contributed by atoms with Gasteiger partial charge < -0.3 is 14.8 Å². The van der Waals surface area contributed by atoms with Gasteiger partial charge in [-0.3, -0.25) is 9.78 Å². The number of para-hydroxylation sites is 1. The van der Waals surface area contributed by atoms with Gasteiger partial charge in [0.2, 0.25) is 5.91 Å². The Balaban J connectivity index is 1.85. The molecule has 1 amide bonds. The maximum atomic E-state index is 11.1. The number of benzene rings is 1. The van der Waals surface area contributed by atoms with E-state index < -0.39 is 0 Å². The van der Waals surface area contributed by atoms with Gasteiger partial charge in [-0.2, -0.15) is 0 Å². The molecule has 2 aromatic rings. The fraction of sp³-hybridized carbons (Fsp3) is 0.250. The summed E-state index contributed by atoms with van der Waals surface area (Å²) in [6.07, 6.45) is 1.73. The van der Waals surface area contributed by atoms with Crippen LogP contribution in [0.4, 0.5) is 0 Å². The summed E-state index contributed by atoms with van der Waals surface area (Å²) in [5, 5.41) is 3.63. The Hall–Kier alpha value is -2.58. The number of amides is 1. The predicted molar refractivity (Wildman–Crippen MR) is 79.9 cm³/mol. The van der Waals surface area contributed by atoms with Gasteiger partial charge in [-0.05, 0) is 12.1 Å². The number of aromatic nitrogens is 1. The second-order valence-electron chi connectivity index (χ2n) is 4.18. The highest BCUT2D eigenvalue weighted by atomic mass is 16.5. The van der Waals surface area contributed by atoms with E-state index in [1.54, 1.807) is 6.20 Å². The molecule has 1 aromatic carbocycles. The molecule has 5 heteroatoms. The highest BCUT2D eigenvalue weighted by Gasteiger charge is 2.01. The maximum Gasteiger partial charge on any atom is 0.246 e. The van der Waals surface area contributed by atoms with Crippen molar-refractivity contribution in [3.05, 3.63) is 36.5 Å². The van der Waals surface area contributed by atoms with Crippen LogP contribution in [0.2, 0.25) is 0 Å². The van der Waals surface area contributed by atoms with Crippen LogP contribution in [0.1, 0.15) is 0 Å². The summed E-state index contributed by atoms with van der Waals surface area (Å²) in [6, 6.07) is 9.61. The standard InChI is InChI=1S/C16H16N2O3/c1-20-12-15(19)17-9-2-3-11-21-14-8-4-6-13-7-5-10-18-16(13)14/h4-8,10H,9,11-12H2,1H3,(H,17,19). The van der Waals surface area contributed by atoms with Gasteiger partial charge in [0.15, 0.2) is 0 Å². The Morgan fingerprint density at radius 1 is 1.29 bits per heavy atom. The van der Waals surface area contributed by atoms with Crippen LogP contribution >= 0.6 is 0 Å². The van der Waals surface area contributed by atoms with Crippen molar-refractivity contribution in [1.82, 2.24) is 10.3 Å². The molecule has 21 heavy (non-hydrogen) atoms. The van der Waals surface area contributed by atoms with Gasteiger partial charge in [-0.15, -0.1) is 0 Å². The molecule has 0 radical (unpaired) electrons. The molecule has 0 bridgehead atoms. The lowest BCUT2D eigenvalue weighted by atomic mass is 10.2. The third kappa shape index (κ3) is 4.48. The van der Waals surface area contributed by atoms with Crippen LogP contribution in [-0.4, -0.2) is 37.8 Å². The molecule has 0 unspecified atom stereocenters. The third-order valence-corrected chi connectivity index (χ3v) is 2.67. The minimum atomic E-state index is -0.189. The first-order chi connectivity index (χ1) is 10.3. The van der Waals surface area contributed by atoms with E-state index in [1.165, 1.54) is 7.11 Å². The summed E-state index contributed by atoms with van der Waals surface area (Å²) in [5.74, 6) is 6.16. The molecule has 0 aliphatic heterocycles. The molecule has 2 rings (SSSR count). The number of ether oxygens (including phenoxy) is 2. The molecule has 0 spiro atoms. The topological polar surface area (TPSA) is 60.5 Å². The van der Waals surface area contributed by atoms with E-state index in [4.69, 9.17) is 4.74 Å². The first-order valence-electron chi connectivity index (χ1n) is 6.49. The van der Waals surface area contributed by atoms with Crippen LogP contribution in [0.25, 0.3) is 10.9 Å². The van der Waals surface area contributed by atoms with Gasteiger partial charge in [-0.1, -0.05) is 30.0 Å². The summed E-state index contributed by atoms with van der Waals surface area (Å²) >= 11 is 0.